The Morgan fingerprint density at radius 2 is 1.79 bits per heavy atom. The Balaban J connectivity index is 2.65. The molecule has 0 aliphatic carbocycles. The Morgan fingerprint density at radius 3 is 2.32 bits per heavy atom. The monoisotopic (exact) mass is 268 g/mol. The van der Waals surface area contributed by atoms with Crippen molar-refractivity contribution in [1.29, 1.82) is 0 Å². The number of quaternary nitrogens is 2. The summed E-state index contributed by atoms with van der Waals surface area (Å²) in [5.74, 6) is 2.24. The van der Waals surface area contributed by atoms with E-state index in [2.05, 4.69) is 25.5 Å². The number of nitrogens with two attached hydrogens (primary N) is 1. The maximum absolute atomic E-state index is 5.63. The molecule has 0 unspecified atom stereocenters. The van der Waals surface area contributed by atoms with Crippen LogP contribution < -0.4 is 24.4 Å². The molecule has 1 atom stereocenters. The van der Waals surface area contributed by atoms with Crippen molar-refractivity contribution in [3.8, 4) is 17.2 Å². The van der Waals surface area contributed by atoms with E-state index in [1.165, 1.54) is 16.0 Å². The third-order valence-electron chi connectivity index (χ3n) is 3.77. The second-order valence-electron chi connectivity index (χ2n) is 5.08. The van der Waals surface area contributed by atoms with Gasteiger partial charge >= 0.3 is 0 Å². The van der Waals surface area contributed by atoms with Gasteiger partial charge in [-0.05, 0) is 6.07 Å². The van der Waals surface area contributed by atoms with E-state index in [9.17, 15) is 0 Å². The fourth-order valence-electron chi connectivity index (χ4n) is 2.83. The molecule has 2 rings (SSSR count). The van der Waals surface area contributed by atoms with Crippen LogP contribution >= 0.6 is 0 Å². The minimum absolute atomic E-state index is 0.401. The molecular formula is C14H24N2O3+2. The number of fused-ring (bicyclic) bond motifs is 1. The highest BCUT2D eigenvalue weighted by Crippen LogP contribution is 2.44. The fraction of sp³-hybridized carbons (Fsp3) is 0.571. The predicted molar refractivity (Wildman–Crippen MR) is 72.1 cm³/mol. The van der Waals surface area contributed by atoms with Gasteiger partial charge in [-0.2, -0.15) is 0 Å². The van der Waals surface area contributed by atoms with Crippen molar-refractivity contribution in [2.75, 3.05) is 42.0 Å². The first-order valence-corrected chi connectivity index (χ1v) is 6.57. The molecule has 1 aliphatic rings. The number of likely N-dealkylation sites (N-methyl/N-ethyl adjacent to an activating group) is 1. The molecule has 0 radical (unpaired) electrons. The van der Waals surface area contributed by atoms with E-state index in [4.69, 9.17) is 14.2 Å². The minimum atomic E-state index is 0.401. The second-order valence-corrected chi connectivity index (χ2v) is 5.08. The summed E-state index contributed by atoms with van der Waals surface area (Å²) < 4.78 is 16.5. The van der Waals surface area contributed by atoms with Crippen molar-refractivity contribution < 1.29 is 24.4 Å². The third kappa shape index (κ3) is 2.35. The van der Waals surface area contributed by atoms with Crippen LogP contribution in [0.3, 0.4) is 0 Å². The number of ether oxygens (including phenoxy) is 3. The average molecular weight is 268 g/mol. The summed E-state index contributed by atoms with van der Waals surface area (Å²) in [7, 11) is 9.34. The lowest BCUT2D eigenvalue weighted by Crippen LogP contribution is -3.10. The van der Waals surface area contributed by atoms with Crippen LogP contribution in [-0.4, -0.2) is 42.0 Å². The summed E-state index contributed by atoms with van der Waals surface area (Å²) in [6.07, 6.45) is 0. The van der Waals surface area contributed by atoms with Crippen molar-refractivity contribution in [2.45, 2.75) is 12.6 Å². The Labute approximate surface area is 114 Å². The third-order valence-corrected chi connectivity index (χ3v) is 3.77. The van der Waals surface area contributed by atoms with Crippen LogP contribution in [0.1, 0.15) is 17.2 Å². The smallest absolute Gasteiger partial charge is 0.203 e. The zero-order valence-electron chi connectivity index (χ0n) is 12.4. The van der Waals surface area contributed by atoms with Gasteiger partial charge in [-0.1, -0.05) is 0 Å². The van der Waals surface area contributed by atoms with Gasteiger partial charge < -0.3 is 24.4 Å². The van der Waals surface area contributed by atoms with Crippen LogP contribution in [0.25, 0.3) is 0 Å². The molecule has 0 saturated carbocycles. The first kappa shape index (κ1) is 14.0. The number of hydrogen-bond acceptors (Lipinski definition) is 3. The summed E-state index contributed by atoms with van der Waals surface area (Å²) in [4.78, 5) is 1.39. The normalized spacial score (nSPS) is 18.1. The number of benzene rings is 1. The molecule has 1 aliphatic heterocycles. The van der Waals surface area contributed by atoms with Gasteiger partial charge in [0.2, 0.25) is 5.75 Å². The Kier molecular flexibility index (Phi) is 4.17. The van der Waals surface area contributed by atoms with E-state index >= 15 is 0 Å². The number of rotatable bonds is 4. The van der Waals surface area contributed by atoms with Crippen LogP contribution in [0.5, 0.6) is 17.2 Å². The van der Waals surface area contributed by atoms with Gasteiger partial charge in [-0.25, -0.2) is 0 Å². The number of nitrogens with one attached hydrogen (secondary N) is 1. The van der Waals surface area contributed by atoms with E-state index in [1.54, 1.807) is 21.3 Å². The zero-order chi connectivity index (χ0) is 14.0. The number of hydrogen-bond donors (Lipinski definition) is 2. The first-order chi connectivity index (χ1) is 9.13. The molecule has 1 heterocycles. The standard InChI is InChI=1S/C14H22N2O3/c1-16(2)10-8-15-7-9-6-11(17-3)13(18-4)14(19-5)12(9)10/h6,10,15H,7-8H2,1-5H3/p+2/t10-/m1/s1. The molecule has 0 saturated heterocycles. The summed E-state index contributed by atoms with van der Waals surface area (Å²) in [5.41, 5.74) is 2.52. The summed E-state index contributed by atoms with van der Waals surface area (Å²) >= 11 is 0. The SMILES string of the molecule is COc1cc2c(c(OC)c1OC)[C@H]([NH+](C)C)C[NH2+]C2. The summed E-state index contributed by atoms with van der Waals surface area (Å²) in [5, 5.41) is 2.32. The summed E-state index contributed by atoms with van der Waals surface area (Å²) in [6.45, 7) is 2.01. The Morgan fingerprint density at radius 1 is 1.11 bits per heavy atom. The lowest BCUT2D eigenvalue weighted by molar-refractivity contribution is -0.912. The molecule has 0 bridgehead atoms. The van der Waals surface area contributed by atoms with Gasteiger partial charge in [-0.15, -0.1) is 0 Å². The second kappa shape index (κ2) is 5.67. The van der Waals surface area contributed by atoms with Crippen molar-refractivity contribution in [2.24, 2.45) is 0 Å². The van der Waals surface area contributed by atoms with Gasteiger partial charge in [0.05, 0.1) is 41.0 Å². The highest BCUT2D eigenvalue weighted by atomic mass is 16.5. The van der Waals surface area contributed by atoms with E-state index < -0.39 is 0 Å². The lowest BCUT2D eigenvalue weighted by atomic mass is 9.94. The van der Waals surface area contributed by atoms with Crippen LogP contribution in [-0.2, 0) is 6.54 Å². The van der Waals surface area contributed by atoms with Gasteiger partial charge in [0.25, 0.3) is 0 Å². The Hall–Kier alpha value is -1.46. The van der Waals surface area contributed by atoms with E-state index in [0.717, 1.165) is 24.6 Å². The quantitative estimate of drug-likeness (QED) is 0.734. The highest BCUT2D eigenvalue weighted by molar-refractivity contribution is 5.60. The molecule has 0 aromatic heterocycles. The van der Waals surface area contributed by atoms with Crippen molar-refractivity contribution in [1.82, 2.24) is 0 Å². The molecular weight excluding hydrogens is 244 g/mol. The largest absolute Gasteiger partial charge is 0.493 e. The molecule has 19 heavy (non-hydrogen) atoms. The molecule has 3 N–H and O–H groups in total. The molecule has 5 heteroatoms. The molecule has 0 fully saturated rings. The topological polar surface area (TPSA) is 48.7 Å². The van der Waals surface area contributed by atoms with Crippen molar-refractivity contribution >= 4 is 0 Å². The molecule has 0 spiro atoms. The van der Waals surface area contributed by atoms with Crippen LogP contribution in [0, 0.1) is 0 Å². The summed E-state index contributed by atoms with van der Waals surface area (Å²) in [6, 6.07) is 2.47. The van der Waals surface area contributed by atoms with Gasteiger partial charge in [0, 0.05) is 5.56 Å². The van der Waals surface area contributed by atoms with Crippen LogP contribution in [0.4, 0.5) is 0 Å². The van der Waals surface area contributed by atoms with Gasteiger partial charge in [-0.3, -0.25) is 0 Å². The van der Waals surface area contributed by atoms with Gasteiger partial charge in [0.15, 0.2) is 17.5 Å². The highest BCUT2D eigenvalue weighted by Gasteiger charge is 2.34. The van der Waals surface area contributed by atoms with Crippen LogP contribution in [0.2, 0.25) is 0 Å². The molecule has 0 amide bonds. The number of methoxy groups -OCH3 is 3. The Bertz CT molecular complexity index is 460. The molecule has 5 nitrogen and oxygen atoms in total. The molecule has 106 valence electrons. The molecule has 1 aromatic carbocycles. The lowest BCUT2D eigenvalue weighted by Gasteiger charge is -2.29. The average Bonchev–Trinajstić information content (AvgIpc) is 2.43. The zero-order valence-corrected chi connectivity index (χ0v) is 12.4. The van der Waals surface area contributed by atoms with Gasteiger partial charge in [0.1, 0.15) is 13.1 Å². The first-order valence-electron chi connectivity index (χ1n) is 6.57. The predicted octanol–water partition coefficient (Wildman–Crippen LogP) is -1.02. The maximum atomic E-state index is 5.63. The van der Waals surface area contributed by atoms with Crippen molar-refractivity contribution in [3.63, 3.8) is 0 Å². The molecule has 1 aromatic rings. The maximum Gasteiger partial charge on any atom is 0.203 e. The van der Waals surface area contributed by atoms with E-state index in [-0.39, 0.29) is 0 Å². The fourth-order valence-corrected chi connectivity index (χ4v) is 2.83. The van der Waals surface area contributed by atoms with Crippen molar-refractivity contribution in [3.05, 3.63) is 17.2 Å². The van der Waals surface area contributed by atoms with E-state index in [1.807, 2.05) is 0 Å². The van der Waals surface area contributed by atoms with E-state index in [0.29, 0.717) is 11.8 Å². The minimum Gasteiger partial charge on any atom is -0.493 e. The van der Waals surface area contributed by atoms with Crippen LogP contribution in [0.15, 0.2) is 6.07 Å².